The molecule has 0 spiro atoms. The average molecular weight is 323 g/mol. The molecule has 0 radical (unpaired) electrons. The van der Waals surface area contributed by atoms with E-state index in [1.54, 1.807) is 6.07 Å². The van der Waals surface area contributed by atoms with Crippen molar-refractivity contribution in [3.05, 3.63) is 28.2 Å². The second kappa shape index (κ2) is 5.58. The van der Waals surface area contributed by atoms with E-state index in [0.29, 0.717) is 24.4 Å². The van der Waals surface area contributed by atoms with Crippen LogP contribution < -0.4 is 5.73 Å². The van der Waals surface area contributed by atoms with E-state index in [2.05, 4.69) is 0 Å². The van der Waals surface area contributed by atoms with E-state index in [0.717, 1.165) is 0 Å². The van der Waals surface area contributed by atoms with Gasteiger partial charge in [-0.2, -0.15) is 4.31 Å². The summed E-state index contributed by atoms with van der Waals surface area (Å²) in [4.78, 5) is 0.0592. The van der Waals surface area contributed by atoms with E-state index < -0.39 is 10.0 Å². The van der Waals surface area contributed by atoms with Gasteiger partial charge in [-0.15, -0.1) is 0 Å². The molecule has 2 rings (SSSR count). The first-order chi connectivity index (χ1) is 8.82. The van der Waals surface area contributed by atoms with Crippen LogP contribution in [0.15, 0.2) is 23.1 Å². The van der Waals surface area contributed by atoms with E-state index >= 15 is 0 Å². The van der Waals surface area contributed by atoms with Crippen molar-refractivity contribution < 1.29 is 8.42 Å². The lowest BCUT2D eigenvalue weighted by Crippen LogP contribution is -2.48. The van der Waals surface area contributed by atoms with Crippen LogP contribution in [0.25, 0.3) is 0 Å². The van der Waals surface area contributed by atoms with Crippen molar-refractivity contribution in [1.29, 1.82) is 0 Å². The van der Waals surface area contributed by atoms with Gasteiger partial charge in [0.1, 0.15) is 4.90 Å². The van der Waals surface area contributed by atoms with Crippen LogP contribution in [-0.4, -0.2) is 31.4 Å². The molecular weight excluding hydrogens is 307 g/mol. The van der Waals surface area contributed by atoms with Gasteiger partial charge in [0.25, 0.3) is 0 Å². The maximum Gasteiger partial charge on any atom is 0.244 e. The standard InChI is InChI=1S/C12H16Cl2N2O2S/c1-8-6-10(15)4-5-16(8)19(17,18)12-7-9(13)2-3-11(12)14/h2-3,7-8,10H,4-6,15H2,1H3. The number of nitrogens with two attached hydrogens (primary N) is 1. The van der Waals surface area contributed by atoms with Gasteiger partial charge >= 0.3 is 0 Å². The zero-order valence-electron chi connectivity index (χ0n) is 10.5. The number of hydrogen-bond acceptors (Lipinski definition) is 3. The van der Waals surface area contributed by atoms with Crippen LogP contribution >= 0.6 is 23.2 Å². The van der Waals surface area contributed by atoms with Crippen molar-refractivity contribution >= 4 is 33.2 Å². The molecule has 1 aliphatic rings. The van der Waals surface area contributed by atoms with Crippen LogP contribution in [0, 0.1) is 0 Å². The number of piperidine rings is 1. The normalized spacial score (nSPS) is 25.5. The molecule has 1 aromatic rings. The summed E-state index contributed by atoms with van der Waals surface area (Å²) >= 11 is 11.8. The van der Waals surface area contributed by atoms with Gasteiger partial charge < -0.3 is 5.73 Å². The Hall–Kier alpha value is -0.330. The summed E-state index contributed by atoms with van der Waals surface area (Å²) in [7, 11) is -3.63. The van der Waals surface area contributed by atoms with Crippen LogP contribution in [0.5, 0.6) is 0 Å². The van der Waals surface area contributed by atoms with E-state index in [4.69, 9.17) is 28.9 Å². The van der Waals surface area contributed by atoms with Gasteiger partial charge in [-0.05, 0) is 38.0 Å². The number of sulfonamides is 1. The van der Waals surface area contributed by atoms with Gasteiger partial charge in [0.2, 0.25) is 10.0 Å². The molecule has 2 atom stereocenters. The fourth-order valence-electron chi connectivity index (χ4n) is 2.35. The highest BCUT2D eigenvalue weighted by Gasteiger charge is 2.34. The zero-order chi connectivity index (χ0) is 14.2. The number of rotatable bonds is 2. The third-order valence-electron chi connectivity index (χ3n) is 3.34. The zero-order valence-corrected chi connectivity index (χ0v) is 12.8. The largest absolute Gasteiger partial charge is 0.328 e. The summed E-state index contributed by atoms with van der Waals surface area (Å²) in [6.45, 7) is 2.27. The van der Waals surface area contributed by atoms with Crippen molar-refractivity contribution in [2.24, 2.45) is 5.73 Å². The van der Waals surface area contributed by atoms with Crippen LogP contribution in [0.3, 0.4) is 0 Å². The first kappa shape index (κ1) is 15.1. The summed E-state index contributed by atoms with van der Waals surface area (Å²) in [6, 6.07) is 4.37. The highest BCUT2D eigenvalue weighted by Crippen LogP contribution is 2.31. The number of nitrogens with zero attached hydrogens (tertiary/aromatic N) is 1. The Labute approximate surface area is 123 Å². The average Bonchev–Trinajstić information content (AvgIpc) is 2.31. The van der Waals surface area contributed by atoms with Crippen LogP contribution in [0.4, 0.5) is 0 Å². The smallest absolute Gasteiger partial charge is 0.244 e. The fraction of sp³-hybridized carbons (Fsp3) is 0.500. The quantitative estimate of drug-likeness (QED) is 0.909. The topological polar surface area (TPSA) is 63.4 Å². The van der Waals surface area contributed by atoms with Crippen molar-refractivity contribution in [2.75, 3.05) is 6.54 Å². The molecular formula is C12H16Cl2N2O2S. The molecule has 0 aliphatic carbocycles. The molecule has 7 heteroatoms. The molecule has 1 aromatic carbocycles. The lowest BCUT2D eigenvalue weighted by atomic mass is 10.0. The van der Waals surface area contributed by atoms with Crippen LogP contribution in [0.2, 0.25) is 10.0 Å². The van der Waals surface area contributed by atoms with Crippen LogP contribution in [-0.2, 0) is 10.0 Å². The molecule has 1 aliphatic heterocycles. The molecule has 1 saturated heterocycles. The molecule has 0 aromatic heterocycles. The molecule has 1 fully saturated rings. The second-order valence-corrected chi connectivity index (χ2v) is 7.53. The molecule has 0 amide bonds. The van der Waals surface area contributed by atoms with Gasteiger partial charge in [-0.25, -0.2) is 8.42 Å². The predicted octanol–water partition coefficient (Wildman–Crippen LogP) is 2.49. The minimum atomic E-state index is -3.63. The molecule has 106 valence electrons. The fourth-order valence-corrected chi connectivity index (χ4v) is 4.74. The lowest BCUT2D eigenvalue weighted by molar-refractivity contribution is 0.247. The molecule has 0 saturated carbocycles. The third-order valence-corrected chi connectivity index (χ3v) is 6.07. The van der Waals surface area contributed by atoms with Gasteiger partial charge in [-0.3, -0.25) is 0 Å². The number of benzene rings is 1. The minimum Gasteiger partial charge on any atom is -0.328 e. The third kappa shape index (κ3) is 3.06. The summed E-state index contributed by atoms with van der Waals surface area (Å²) in [5.41, 5.74) is 5.85. The van der Waals surface area contributed by atoms with Crippen molar-refractivity contribution in [3.63, 3.8) is 0 Å². The monoisotopic (exact) mass is 322 g/mol. The van der Waals surface area contributed by atoms with Gasteiger partial charge in [0.15, 0.2) is 0 Å². The van der Waals surface area contributed by atoms with Crippen LogP contribution in [0.1, 0.15) is 19.8 Å². The first-order valence-corrected chi connectivity index (χ1v) is 8.24. The minimum absolute atomic E-state index is 0.0521. The number of hydrogen-bond donors (Lipinski definition) is 1. The Morgan fingerprint density at radius 2 is 2.05 bits per heavy atom. The Balaban J connectivity index is 2.39. The van der Waals surface area contributed by atoms with Gasteiger partial charge in [-0.1, -0.05) is 23.2 Å². The molecule has 4 nitrogen and oxygen atoms in total. The molecule has 1 heterocycles. The predicted molar refractivity (Wildman–Crippen MR) is 77.0 cm³/mol. The van der Waals surface area contributed by atoms with Gasteiger partial charge in [0.05, 0.1) is 5.02 Å². The Bertz CT molecular complexity index is 577. The van der Waals surface area contributed by atoms with Crippen molar-refractivity contribution in [3.8, 4) is 0 Å². The molecule has 2 N–H and O–H groups in total. The Morgan fingerprint density at radius 3 is 2.68 bits per heavy atom. The van der Waals surface area contributed by atoms with Crippen molar-refractivity contribution in [2.45, 2.75) is 36.7 Å². The van der Waals surface area contributed by atoms with E-state index in [9.17, 15) is 8.42 Å². The second-order valence-electron chi connectivity index (χ2n) is 4.82. The maximum atomic E-state index is 12.6. The lowest BCUT2D eigenvalue weighted by Gasteiger charge is -2.35. The summed E-state index contributed by atoms with van der Waals surface area (Å²) in [5.74, 6) is 0. The highest BCUT2D eigenvalue weighted by atomic mass is 35.5. The molecule has 19 heavy (non-hydrogen) atoms. The summed E-state index contributed by atoms with van der Waals surface area (Å²) in [6.07, 6.45) is 1.30. The Morgan fingerprint density at radius 1 is 1.37 bits per heavy atom. The van der Waals surface area contributed by atoms with Gasteiger partial charge in [0, 0.05) is 23.7 Å². The summed E-state index contributed by atoms with van der Waals surface area (Å²) < 4.78 is 26.7. The molecule has 2 unspecified atom stereocenters. The van der Waals surface area contributed by atoms with E-state index in [-0.39, 0.29) is 22.0 Å². The van der Waals surface area contributed by atoms with E-state index in [1.165, 1.54) is 16.4 Å². The SMILES string of the molecule is CC1CC(N)CCN1S(=O)(=O)c1cc(Cl)ccc1Cl. The highest BCUT2D eigenvalue weighted by molar-refractivity contribution is 7.89. The maximum absolute atomic E-state index is 12.6. The van der Waals surface area contributed by atoms with E-state index in [1.807, 2.05) is 6.92 Å². The van der Waals surface area contributed by atoms with Crippen molar-refractivity contribution in [1.82, 2.24) is 4.31 Å². The summed E-state index contributed by atoms with van der Waals surface area (Å²) in [5, 5.41) is 0.538. The number of halogens is 2. The Kier molecular flexibility index (Phi) is 4.42. The molecule has 0 bridgehead atoms. The first-order valence-electron chi connectivity index (χ1n) is 6.05.